The molecule has 0 amide bonds. The van der Waals surface area contributed by atoms with Crippen LogP contribution in [0.2, 0.25) is 0 Å². The molecule has 0 saturated heterocycles. The van der Waals surface area contributed by atoms with Crippen molar-refractivity contribution in [1.82, 2.24) is 4.90 Å². The highest BCUT2D eigenvalue weighted by atomic mass is 16.5. The molecule has 0 radical (unpaired) electrons. The maximum absolute atomic E-state index is 6.43. The van der Waals surface area contributed by atoms with Crippen LogP contribution in [0.25, 0.3) is 0 Å². The largest absolute Gasteiger partial charge is 0.380 e. The van der Waals surface area contributed by atoms with Gasteiger partial charge in [0.05, 0.1) is 19.8 Å². The van der Waals surface area contributed by atoms with Gasteiger partial charge in [-0.25, -0.2) is 0 Å². The highest BCUT2D eigenvalue weighted by Crippen LogP contribution is 2.21. The van der Waals surface area contributed by atoms with Crippen molar-refractivity contribution < 1.29 is 14.2 Å². The molecule has 0 saturated carbocycles. The second kappa shape index (κ2) is 43.6. The van der Waals surface area contributed by atoms with Gasteiger partial charge < -0.3 is 14.2 Å². The summed E-state index contributed by atoms with van der Waals surface area (Å²) in [7, 11) is 0. The maximum Gasteiger partial charge on any atom is 0.0593 e. The molecule has 4 heteroatoms. The predicted molar refractivity (Wildman–Crippen MR) is 232 cm³/mol. The van der Waals surface area contributed by atoms with Crippen LogP contribution in [0.4, 0.5) is 0 Å². The van der Waals surface area contributed by atoms with Gasteiger partial charge in [-0.05, 0) is 56.3 Å². The lowest BCUT2D eigenvalue weighted by Crippen LogP contribution is -2.35. The van der Waals surface area contributed by atoms with Crippen molar-refractivity contribution in [1.29, 1.82) is 0 Å². The summed E-state index contributed by atoms with van der Waals surface area (Å²) in [5.74, 6) is 2.18. The molecular formula is C48H99NO3. The van der Waals surface area contributed by atoms with Crippen molar-refractivity contribution in [3.63, 3.8) is 0 Å². The summed E-state index contributed by atoms with van der Waals surface area (Å²) in [6.07, 6.45) is 40.8. The van der Waals surface area contributed by atoms with Gasteiger partial charge in [0.25, 0.3) is 0 Å². The Labute approximate surface area is 329 Å². The monoisotopic (exact) mass is 738 g/mol. The van der Waals surface area contributed by atoms with Crippen molar-refractivity contribution in [3.05, 3.63) is 0 Å². The second-order valence-electron chi connectivity index (χ2n) is 16.8. The van der Waals surface area contributed by atoms with E-state index in [1.807, 2.05) is 0 Å². The topological polar surface area (TPSA) is 30.9 Å². The molecule has 0 aromatic rings. The molecule has 52 heavy (non-hydrogen) atoms. The first-order valence-corrected chi connectivity index (χ1v) is 24.1. The molecule has 0 aromatic carbocycles. The van der Waals surface area contributed by atoms with E-state index in [2.05, 4.69) is 46.4 Å². The Balaban J connectivity index is 4.93. The Hall–Kier alpha value is -0.160. The van der Waals surface area contributed by atoms with Crippen molar-refractivity contribution in [2.75, 3.05) is 59.3 Å². The molecule has 0 spiro atoms. The number of ether oxygens (including phenoxy) is 3. The Morgan fingerprint density at radius 1 is 0.288 bits per heavy atom. The third-order valence-electron chi connectivity index (χ3n) is 11.5. The standard InChI is InChI=1S/C48H99NO3/c1-7-13-19-22-25-28-34-46(31-16-10-4)43-50-40-37-49(38-41-51-44-47(32-17-11-5)35-29-26-23-20-14-8-2)39-42-52-45-48(33-18-12-6)36-30-27-24-21-15-9-3/h46-48H,7-45H2,1-6H3. The lowest BCUT2D eigenvalue weighted by atomic mass is 9.96. The van der Waals surface area contributed by atoms with Gasteiger partial charge in [0.15, 0.2) is 0 Å². The maximum atomic E-state index is 6.43. The molecule has 0 N–H and O–H groups in total. The lowest BCUT2D eigenvalue weighted by molar-refractivity contribution is 0.0287. The van der Waals surface area contributed by atoms with E-state index in [1.54, 1.807) is 0 Å². The Morgan fingerprint density at radius 3 is 0.788 bits per heavy atom. The van der Waals surface area contributed by atoms with Crippen LogP contribution in [0.5, 0.6) is 0 Å². The molecule has 314 valence electrons. The molecule has 3 unspecified atom stereocenters. The van der Waals surface area contributed by atoms with E-state index < -0.39 is 0 Å². The third kappa shape index (κ3) is 36.8. The normalized spacial score (nSPS) is 13.7. The first kappa shape index (κ1) is 51.8. The van der Waals surface area contributed by atoms with Crippen LogP contribution in [0.1, 0.15) is 234 Å². The predicted octanol–water partition coefficient (Wildman–Crippen LogP) is 15.0. The summed E-state index contributed by atoms with van der Waals surface area (Å²) in [5, 5.41) is 0. The first-order valence-electron chi connectivity index (χ1n) is 24.1. The number of hydrogen-bond acceptors (Lipinski definition) is 4. The van der Waals surface area contributed by atoms with Crippen LogP contribution in [0, 0.1) is 17.8 Å². The zero-order chi connectivity index (χ0) is 38.0. The van der Waals surface area contributed by atoms with Gasteiger partial charge in [-0.3, -0.25) is 4.90 Å². The Kier molecular flexibility index (Phi) is 43.4. The van der Waals surface area contributed by atoms with E-state index >= 15 is 0 Å². The Bertz CT molecular complexity index is 560. The highest BCUT2D eigenvalue weighted by molar-refractivity contribution is 4.65. The van der Waals surface area contributed by atoms with Gasteiger partial charge in [-0.15, -0.1) is 0 Å². The minimum absolute atomic E-state index is 0.727. The fourth-order valence-electron chi connectivity index (χ4n) is 7.72. The van der Waals surface area contributed by atoms with Crippen molar-refractivity contribution in [2.45, 2.75) is 234 Å². The van der Waals surface area contributed by atoms with Crippen LogP contribution in [-0.4, -0.2) is 64.2 Å². The van der Waals surface area contributed by atoms with E-state index in [1.165, 1.54) is 193 Å². The molecule has 3 atom stereocenters. The summed E-state index contributed by atoms with van der Waals surface area (Å²) in [6, 6.07) is 0. The van der Waals surface area contributed by atoms with Gasteiger partial charge in [0.1, 0.15) is 0 Å². The van der Waals surface area contributed by atoms with Crippen LogP contribution in [-0.2, 0) is 14.2 Å². The van der Waals surface area contributed by atoms with Crippen LogP contribution in [0.15, 0.2) is 0 Å². The van der Waals surface area contributed by atoms with E-state index in [0.29, 0.717) is 0 Å². The minimum Gasteiger partial charge on any atom is -0.380 e. The Morgan fingerprint density at radius 2 is 0.519 bits per heavy atom. The SMILES string of the molecule is CCCCCCCCC(CCCC)COCCN(CCOCC(CCCC)CCCCCCCC)CCOCC(CCCC)CCCCCCCC. The highest BCUT2D eigenvalue weighted by Gasteiger charge is 2.14. The minimum atomic E-state index is 0.727. The molecule has 0 bridgehead atoms. The zero-order valence-electron chi connectivity index (χ0n) is 37.0. The van der Waals surface area contributed by atoms with Crippen molar-refractivity contribution in [3.8, 4) is 0 Å². The average molecular weight is 738 g/mol. The van der Waals surface area contributed by atoms with Crippen molar-refractivity contribution >= 4 is 0 Å². The molecule has 0 aliphatic carbocycles. The first-order chi connectivity index (χ1) is 25.6. The van der Waals surface area contributed by atoms with Gasteiger partial charge in [-0.1, -0.05) is 196 Å². The second-order valence-corrected chi connectivity index (χ2v) is 16.8. The molecule has 0 aromatic heterocycles. The van der Waals surface area contributed by atoms with Gasteiger partial charge in [0.2, 0.25) is 0 Å². The van der Waals surface area contributed by atoms with E-state index in [-0.39, 0.29) is 0 Å². The fourth-order valence-corrected chi connectivity index (χ4v) is 7.72. The quantitative estimate of drug-likeness (QED) is 0.0582. The zero-order valence-corrected chi connectivity index (χ0v) is 37.0. The summed E-state index contributed by atoms with van der Waals surface area (Å²) in [6.45, 7) is 22.1. The average Bonchev–Trinajstić information content (AvgIpc) is 3.16. The molecule has 0 fully saturated rings. The summed E-state index contributed by atoms with van der Waals surface area (Å²) < 4.78 is 19.3. The van der Waals surface area contributed by atoms with Gasteiger partial charge in [0, 0.05) is 39.5 Å². The van der Waals surface area contributed by atoms with Crippen LogP contribution in [0.3, 0.4) is 0 Å². The van der Waals surface area contributed by atoms with Crippen LogP contribution < -0.4 is 0 Å². The fraction of sp³-hybridized carbons (Fsp3) is 1.00. The molecular weight excluding hydrogens is 639 g/mol. The number of rotatable bonds is 45. The molecule has 0 aliphatic heterocycles. The molecule has 0 aliphatic rings. The van der Waals surface area contributed by atoms with E-state index in [4.69, 9.17) is 14.2 Å². The van der Waals surface area contributed by atoms with E-state index in [9.17, 15) is 0 Å². The van der Waals surface area contributed by atoms with Gasteiger partial charge in [-0.2, -0.15) is 0 Å². The van der Waals surface area contributed by atoms with Crippen molar-refractivity contribution in [2.24, 2.45) is 17.8 Å². The third-order valence-corrected chi connectivity index (χ3v) is 11.5. The van der Waals surface area contributed by atoms with Gasteiger partial charge >= 0.3 is 0 Å². The summed E-state index contributed by atoms with van der Waals surface area (Å²) in [5.41, 5.74) is 0. The smallest absolute Gasteiger partial charge is 0.0593 e. The van der Waals surface area contributed by atoms with Crippen LogP contribution >= 0.6 is 0 Å². The lowest BCUT2D eigenvalue weighted by Gasteiger charge is -2.25. The van der Waals surface area contributed by atoms with E-state index in [0.717, 1.165) is 77.0 Å². The number of nitrogens with zero attached hydrogens (tertiary/aromatic N) is 1. The number of unbranched alkanes of at least 4 members (excludes halogenated alkanes) is 18. The number of hydrogen-bond donors (Lipinski definition) is 0. The molecule has 0 heterocycles. The summed E-state index contributed by atoms with van der Waals surface area (Å²) >= 11 is 0. The molecule has 4 nitrogen and oxygen atoms in total. The summed E-state index contributed by atoms with van der Waals surface area (Å²) in [4.78, 5) is 2.57. The molecule has 0 rings (SSSR count).